The Morgan fingerprint density at radius 3 is 1.83 bits per heavy atom. The standard InChI is InChI=1S/C32H19N3O/c1-6-16-26-20(10-1)21-11-2-7-17-27(21)35(26)32-31(33-24-14-4-5-15-25(24)34-32)23-13-9-19-29-30(23)22-12-3-8-18-28(22)36-29/h1-19H. The molecule has 4 heteroatoms. The van der Waals surface area contributed by atoms with Crippen LogP contribution < -0.4 is 0 Å². The molecule has 4 nitrogen and oxygen atoms in total. The molecule has 0 radical (unpaired) electrons. The van der Waals surface area contributed by atoms with Gasteiger partial charge in [-0.2, -0.15) is 0 Å². The maximum atomic E-state index is 6.22. The number of hydrogen-bond acceptors (Lipinski definition) is 3. The van der Waals surface area contributed by atoms with Crippen molar-refractivity contribution < 1.29 is 4.42 Å². The zero-order valence-electron chi connectivity index (χ0n) is 19.2. The Kier molecular flexibility index (Phi) is 3.91. The number of para-hydroxylation sites is 5. The summed E-state index contributed by atoms with van der Waals surface area (Å²) in [6.07, 6.45) is 0. The van der Waals surface area contributed by atoms with Crippen molar-refractivity contribution in [2.45, 2.75) is 0 Å². The fourth-order valence-corrected chi connectivity index (χ4v) is 5.45. The van der Waals surface area contributed by atoms with Crippen molar-refractivity contribution in [3.05, 3.63) is 115 Å². The highest BCUT2D eigenvalue weighted by Gasteiger charge is 2.21. The highest BCUT2D eigenvalue weighted by Crippen LogP contribution is 2.40. The van der Waals surface area contributed by atoms with Gasteiger partial charge in [0.1, 0.15) is 16.9 Å². The third kappa shape index (κ3) is 2.64. The van der Waals surface area contributed by atoms with Crippen LogP contribution in [0.25, 0.3) is 71.9 Å². The van der Waals surface area contributed by atoms with Gasteiger partial charge in [0.25, 0.3) is 0 Å². The molecule has 0 aliphatic heterocycles. The van der Waals surface area contributed by atoms with Crippen molar-refractivity contribution in [3.8, 4) is 17.1 Å². The van der Waals surface area contributed by atoms with E-state index in [2.05, 4.69) is 65.2 Å². The van der Waals surface area contributed by atoms with Crippen LogP contribution in [0.5, 0.6) is 0 Å². The molecule has 0 spiro atoms. The lowest BCUT2D eigenvalue weighted by Crippen LogP contribution is -2.03. The minimum atomic E-state index is 0.809. The van der Waals surface area contributed by atoms with Crippen molar-refractivity contribution in [1.82, 2.24) is 14.5 Å². The van der Waals surface area contributed by atoms with E-state index < -0.39 is 0 Å². The number of aromatic nitrogens is 3. The van der Waals surface area contributed by atoms with Gasteiger partial charge in [-0.25, -0.2) is 9.97 Å². The summed E-state index contributed by atoms with van der Waals surface area (Å²) in [4.78, 5) is 10.5. The summed E-state index contributed by atoms with van der Waals surface area (Å²) in [6.45, 7) is 0. The van der Waals surface area contributed by atoms with Crippen LogP contribution in [-0.2, 0) is 0 Å². The van der Waals surface area contributed by atoms with Gasteiger partial charge in [0.2, 0.25) is 0 Å². The molecule has 8 rings (SSSR count). The maximum Gasteiger partial charge on any atom is 0.165 e. The lowest BCUT2D eigenvalue weighted by Gasteiger charge is -2.14. The molecule has 0 N–H and O–H groups in total. The van der Waals surface area contributed by atoms with Gasteiger partial charge in [-0.05, 0) is 36.4 Å². The van der Waals surface area contributed by atoms with Gasteiger partial charge in [0.15, 0.2) is 5.82 Å². The number of rotatable bonds is 2. The number of furan rings is 1. The van der Waals surface area contributed by atoms with Crippen LogP contribution in [0, 0.1) is 0 Å². The van der Waals surface area contributed by atoms with Crippen LogP contribution in [0.15, 0.2) is 120 Å². The summed E-state index contributed by atoms with van der Waals surface area (Å²) in [5, 5.41) is 4.52. The van der Waals surface area contributed by atoms with Crippen LogP contribution >= 0.6 is 0 Å². The van der Waals surface area contributed by atoms with E-state index in [-0.39, 0.29) is 0 Å². The Labute approximate surface area is 206 Å². The Morgan fingerprint density at radius 2 is 1.08 bits per heavy atom. The minimum Gasteiger partial charge on any atom is -0.456 e. The van der Waals surface area contributed by atoms with Crippen molar-refractivity contribution in [2.24, 2.45) is 0 Å². The van der Waals surface area contributed by atoms with Gasteiger partial charge in [-0.15, -0.1) is 0 Å². The smallest absolute Gasteiger partial charge is 0.165 e. The molecule has 0 unspecified atom stereocenters. The summed E-state index contributed by atoms with van der Waals surface area (Å²) in [7, 11) is 0. The summed E-state index contributed by atoms with van der Waals surface area (Å²) in [5.74, 6) is 0.809. The molecule has 0 atom stereocenters. The predicted molar refractivity (Wildman–Crippen MR) is 147 cm³/mol. The summed E-state index contributed by atoms with van der Waals surface area (Å²) in [6, 6.07) is 39.4. The van der Waals surface area contributed by atoms with Crippen LogP contribution in [0.4, 0.5) is 0 Å². The predicted octanol–water partition coefficient (Wildman–Crippen LogP) is 8.29. The van der Waals surface area contributed by atoms with Crippen LogP contribution in [-0.4, -0.2) is 14.5 Å². The molecule has 3 aromatic heterocycles. The zero-order chi connectivity index (χ0) is 23.6. The Morgan fingerprint density at radius 1 is 0.500 bits per heavy atom. The summed E-state index contributed by atoms with van der Waals surface area (Å²) in [5.41, 5.74) is 7.49. The van der Waals surface area contributed by atoms with E-state index in [1.807, 2.05) is 54.6 Å². The second kappa shape index (κ2) is 7.27. The molecule has 0 bridgehead atoms. The topological polar surface area (TPSA) is 43.9 Å². The van der Waals surface area contributed by atoms with Crippen molar-refractivity contribution >= 4 is 54.8 Å². The average molecular weight is 462 g/mol. The fraction of sp³-hybridized carbons (Fsp3) is 0. The van der Waals surface area contributed by atoms with E-state index in [0.29, 0.717) is 0 Å². The monoisotopic (exact) mass is 461 g/mol. The molecular formula is C32H19N3O. The average Bonchev–Trinajstić information content (AvgIpc) is 3.48. The molecule has 5 aromatic carbocycles. The van der Waals surface area contributed by atoms with Gasteiger partial charge in [0.05, 0.1) is 22.1 Å². The minimum absolute atomic E-state index is 0.809. The molecular weight excluding hydrogens is 442 g/mol. The molecule has 36 heavy (non-hydrogen) atoms. The molecule has 3 heterocycles. The molecule has 0 saturated carbocycles. The van der Waals surface area contributed by atoms with Gasteiger partial charge >= 0.3 is 0 Å². The largest absolute Gasteiger partial charge is 0.456 e. The zero-order valence-corrected chi connectivity index (χ0v) is 19.2. The van der Waals surface area contributed by atoms with Crippen LogP contribution in [0.2, 0.25) is 0 Å². The maximum absolute atomic E-state index is 6.22. The Balaban J connectivity index is 1.57. The quantitative estimate of drug-likeness (QED) is 0.260. The van der Waals surface area contributed by atoms with E-state index in [0.717, 1.165) is 61.1 Å². The molecule has 0 amide bonds. The number of hydrogen-bond donors (Lipinski definition) is 0. The summed E-state index contributed by atoms with van der Waals surface area (Å²) < 4.78 is 8.47. The van der Waals surface area contributed by atoms with E-state index in [1.165, 1.54) is 10.8 Å². The molecule has 0 saturated heterocycles. The molecule has 8 aromatic rings. The van der Waals surface area contributed by atoms with E-state index in [4.69, 9.17) is 14.4 Å². The highest BCUT2D eigenvalue weighted by molar-refractivity contribution is 6.14. The van der Waals surface area contributed by atoms with Crippen molar-refractivity contribution in [3.63, 3.8) is 0 Å². The number of benzene rings is 5. The van der Waals surface area contributed by atoms with Gasteiger partial charge in [-0.3, -0.25) is 4.57 Å². The first-order valence-corrected chi connectivity index (χ1v) is 12.0. The number of nitrogens with zero attached hydrogens (tertiary/aromatic N) is 3. The first-order valence-electron chi connectivity index (χ1n) is 12.0. The second-order valence-electron chi connectivity index (χ2n) is 9.03. The third-order valence-corrected chi connectivity index (χ3v) is 7.00. The molecule has 0 aliphatic carbocycles. The van der Waals surface area contributed by atoms with E-state index in [9.17, 15) is 0 Å². The highest BCUT2D eigenvalue weighted by atomic mass is 16.3. The SMILES string of the molecule is c1ccc2nc(-n3c4ccccc4c4ccccc43)c(-c3cccc4oc5ccccc5c34)nc2c1. The number of fused-ring (bicyclic) bond motifs is 7. The molecule has 0 aliphatic rings. The van der Waals surface area contributed by atoms with Gasteiger partial charge in [-0.1, -0.05) is 78.9 Å². The lowest BCUT2D eigenvalue weighted by molar-refractivity contribution is 0.669. The Hall–Kier alpha value is -4.96. The van der Waals surface area contributed by atoms with E-state index in [1.54, 1.807) is 0 Å². The fourth-order valence-electron chi connectivity index (χ4n) is 5.45. The van der Waals surface area contributed by atoms with E-state index >= 15 is 0 Å². The normalized spacial score (nSPS) is 11.9. The lowest BCUT2D eigenvalue weighted by atomic mass is 10.0. The van der Waals surface area contributed by atoms with Gasteiger partial charge in [0, 0.05) is 27.1 Å². The first kappa shape index (κ1) is 19.4. The second-order valence-corrected chi connectivity index (χ2v) is 9.03. The van der Waals surface area contributed by atoms with Crippen molar-refractivity contribution in [1.29, 1.82) is 0 Å². The molecule has 168 valence electrons. The Bertz CT molecular complexity index is 2060. The molecule has 0 fully saturated rings. The summed E-state index contributed by atoms with van der Waals surface area (Å²) >= 11 is 0. The third-order valence-electron chi connectivity index (χ3n) is 7.00. The van der Waals surface area contributed by atoms with Gasteiger partial charge < -0.3 is 4.42 Å². The first-order chi connectivity index (χ1) is 17.9. The van der Waals surface area contributed by atoms with Crippen LogP contribution in [0.1, 0.15) is 0 Å². The van der Waals surface area contributed by atoms with Crippen LogP contribution in [0.3, 0.4) is 0 Å². The van der Waals surface area contributed by atoms with Crippen molar-refractivity contribution in [2.75, 3.05) is 0 Å².